The minimum atomic E-state index is -0.514. The zero-order chi connectivity index (χ0) is 20.1. The molecule has 4 rings (SSSR count). The highest BCUT2D eigenvalue weighted by atomic mass is 16.5. The molecule has 0 radical (unpaired) electrons. The van der Waals surface area contributed by atoms with Gasteiger partial charge < -0.3 is 9.84 Å². The van der Waals surface area contributed by atoms with Crippen LogP contribution >= 0.6 is 0 Å². The summed E-state index contributed by atoms with van der Waals surface area (Å²) in [6.07, 6.45) is 6.65. The van der Waals surface area contributed by atoms with Crippen molar-refractivity contribution >= 4 is 12.2 Å². The summed E-state index contributed by atoms with van der Waals surface area (Å²) < 4.78 is 5.22. The Balaban J connectivity index is 1.53. The smallest absolute Gasteiger partial charge is 0.118 e. The first-order valence-electron chi connectivity index (χ1n) is 10.1. The van der Waals surface area contributed by atoms with Crippen LogP contribution in [-0.4, -0.2) is 18.3 Å². The first kappa shape index (κ1) is 19.2. The lowest BCUT2D eigenvalue weighted by molar-refractivity contribution is 0.229. The molecule has 1 unspecified atom stereocenters. The van der Waals surface area contributed by atoms with Crippen LogP contribution in [0.4, 0.5) is 0 Å². The van der Waals surface area contributed by atoms with Gasteiger partial charge in [0.1, 0.15) is 5.75 Å². The van der Waals surface area contributed by atoms with Gasteiger partial charge in [-0.25, -0.2) is 0 Å². The van der Waals surface area contributed by atoms with E-state index >= 15 is 0 Å². The third kappa shape index (κ3) is 4.67. The molecule has 1 atom stereocenters. The molecule has 1 saturated carbocycles. The summed E-state index contributed by atoms with van der Waals surface area (Å²) in [7, 11) is 1.67. The Kier molecular flexibility index (Phi) is 5.92. The minimum absolute atomic E-state index is 0.514. The maximum absolute atomic E-state index is 10.9. The van der Waals surface area contributed by atoms with Crippen molar-refractivity contribution in [3.8, 4) is 16.9 Å². The Morgan fingerprint density at radius 3 is 1.79 bits per heavy atom. The lowest BCUT2D eigenvalue weighted by Crippen LogP contribution is -2.18. The fourth-order valence-corrected chi connectivity index (χ4v) is 3.84. The van der Waals surface area contributed by atoms with Gasteiger partial charge in [-0.2, -0.15) is 0 Å². The standard InChI is InChI=1S/C27H26O2/c1-29-26-16-12-21(13-17-26)19-25-9-5-8-24(27(25)28)18-20-10-14-23(15-11-20)22-6-3-2-4-7-22/h2-4,6-7,10-19,27-28H,5,8-9H2,1H3/b24-18-,25-19-. The molecular weight excluding hydrogens is 356 g/mol. The molecule has 146 valence electrons. The first-order valence-corrected chi connectivity index (χ1v) is 10.1. The van der Waals surface area contributed by atoms with Gasteiger partial charge in [-0.15, -0.1) is 0 Å². The van der Waals surface area contributed by atoms with Crippen LogP contribution in [0.25, 0.3) is 23.3 Å². The predicted octanol–water partition coefficient (Wildman–Crippen LogP) is 6.37. The van der Waals surface area contributed by atoms with Gasteiger partial charge >= 0.3 is 0 Å². The monoisotopic (exact) mass is 382 g/mol. The van der Waals surface area contributed by atoms with E-state index in [0.717, 1.165) is 47.3 Å². The predicted molar refractivity (Wildman–Crippen MR) is 121 cm³/mol. The third-order valence-electron chi connectivity index (χ3n) is 5.47. The summed E-state index contributed by atoms with van der Waals surface area (Å²) in [4.78, 5) is 0. The van der Waals surface area contributed by atoms with E-state index in [0.29, 0.717) is 0 Å². The van der Waals surface area contributed by atoms with E-state index in [4.69, 9.17) is 4.74 Å². The molecule has 0 aromatic heterocycles. The molecule has 1 fully saturated rings. The topological polar surface area (TPSA) is 29.5 Å². The van der Waals surface area contributed by atoms with E-state index in [9.17, 15) is 5.11 Å². The second-order valence-electron chi connectivity index (χ2n) is 7.46. The molecule has 3 aromatic carbocycles. The van der Waals surface area contributed by atoms with Crippen LogP contribution in [0, 0.1) is 0 Å². The van der Waals surface area contributed by atoms with E-state index in [1.807, 2.05) is 30.3 Å². The van der Waals surface area contributed by atoms with Crippen molar-refractivity contribution in [1.82, 2.24) is 0 Å². The SMILES string of the molecule is COc1ccc(/C=C2/CCC/C(=C/c3ccc(-c4ccccc4)cc3)C2O)cc1. The van der Waals surface area contributed by atoms with Crippen LogP contribution < -0.4 is 4.74 Å². The van der Waals surface area contributed by atoms with Gasteiger partial charge in [-0.3, -0.25) is 0 Å². The normalized spacial score (nSPS) is 19.4. The number of methoxy groups -OCH3 is 1. The Morgan fingerprint density at radius 2 is 1.24 bits per heavy atom. The first-order chi connectivity index (χ1) is 14.2. The molecule has 0 bridgehead atoms. The molecule has 2 nitrogen and oxygen atoms in total. The highest BCUT2D eigenvalue weighted by Gasteiger charge is 2.21. The zero-order valence-corrected chi connectivity index (χ0v) is 16.7. The molecule has 0 amide bonds. The zero-order valence-electron chi connectivity index (χ0n) is 16.7. The fraction of sp³-hybridized carbons (Fsp3) is 0.185. The number of hydrogen-bond acceptors (Lipinski definition) is 2. The molecule has 29 heavy (non-hydrogen) atoms. The summed E-state index contributed by atoms with van der Waals surface area (Å²) in [5, 5.41) is 10.9. The number of benzene rings is 3. The van der Waals surface area contributed by atoms with E-state index < -0.39 is 6.10 Å². The molecular formula is C27H26O2. The highest BCUT2D eigenvalue weighted by molar-refractivity contribution is 5.67. The highest BCUT2D eigenvalue weighted by Crippen LogP contribution is 2.32. The lowest BCUT2D eigenvalue weighted by atomic mass is 9.85. The van der Waals surface area contributed by atoms with Gasteiger partial charge in [-0.1, -0.05) is 78.9 Å². The molecule has 1 aliphatic carbocycles. The number of aliphatic hydroxyl groups is 1. The van der Waals surface area contributed by atoms with Crippen molar-refractivity contribution < 1.29 is 9.84 Å². The van der Waals surface area contributed by atoms with Crippen LogP contribution in [0.2, 0.25) is 0 Å². The summed E-state index contributed by atoms with van der Waals surface area (Å²) >= 11 is 0. The third-order valence-corrected chi connectivity index (χ3v) is 5.47. The van der Waals surface area contributed by atoms with Crippen molar-refractivity contribution in [3.05, 3.63) is 101 Å². The molecule has 0 aliphatic heterocycles. The van der Waals surface area contributed by atoms with Crippen LogP contribution in [-0.2, 0) is 0 Å². The van der Waals surface area contributed by atoms with Crippen molar-refractivity contribution in [2.45, 2.75) is 25.4 Å². The van der Waals surface area contributed by atoms with E-state index in [1.165, 1.54) is 11.1 Å². The van der Waals surface area contributed by atoms with Crippen molar-refractivity contribution in [2.24, 2.45) is 0 Å². The second-order valence-corrected chi connectivity index (χ2v) is 7.46. The quantitative estimate of drug-likeness (QED) is 0.568. The number of rotatable bonds is 4. The van der Waals surface area contributed by atoms with Gasteiger partial charge in [0.2, 0.25) is 0 Å². The Hall–Kier alpha value is -3.10. The molecule has 0 saturated heterocycles. The largest absolute Gasteiger partial charge is 0.497 e. The Labute approximate surface area is 172 Å². The maximum Gasteiger partial charge on any atom is 0.118 e. The van der Waals surface area contributed by atoms with Crippen LogP contribution in [0.3, 0.4) is 0 Å². The van der Waals surface area contributed by atoms with E-state index in [-0.39, 0.29) is 0 Å². The molecule has 0 spiro atoms. The van der Waals surface area contributed by atoms with Gasteiger partial charge in [-0.05, 0) is 64.8 Å². The summed E-state index contributed by atoms with van der Waals surface area (Å²) in [5.74, 6) is 0.843. The van der Waals surface area contributed by atoms with Crippen molar-refractivity contribution in [2.75, 3.05) is 7.11 Å². The van der Waals surface area contributed by atoms with Crippen molar-refractivity contribution in [1.29, 1.82) is 0 Å². The summed E-state index contributed by atoms with van der Waals surface area (Å²) in [6.45, 7) is 0. The maximum atomic E-state index is 10.9. The van der Waals surface area contributed by atoms with Gasteiger partial charge in [0.05, 0.1) is 13.2 Å². The molecule has 0 heterocycles. The van der Waals surface area contributed by atoms with Gasteiger partial charge in [0.15, 0.2) is 0 Å². The average Bonchev–Trinajstić information content (AvgIpc) is 2.78. The summed E-state index contributed by atoms with van der Waals surface area (Å²) in [6, 6.07) is 26.9. The average molecular weight is 383 g/mol. The minimum Gasteiger partial charge on any atom is -0.497 e. The van der Waals surface area contributed by atoms with E-state index in [2.05, 4.69) is 60.7 Å². The van der Waals surface area contributed by atoms with Crippen LogP contribution in [0.1, 0.15) is 30.4 Å². The Morgan fingerprint density at radius 1 is 0.724 bits per heavy atom. The van der Waals surface area contributed by atoms with Gasteiger partial charge in [0, 0.05) is 0 Å². The number of hydrogen-bond donors (Lipinski definition) is 1. The summed E-state index contributed by atoms with van der Waals surface area (Å²) in [5.41, 5.74) is 6.81. The van der Waals surface area contributed by atoms with Crippen molar-refractivity contribution in [3.63, 3.8) is 0 Å². The van der Waals surface area contributed by atoms with Crippen LogP contribution in [0.15, 0.2) is 90.0 Å². The fourth-order valence-electron chi connectivity index (χ4n) is 3.84. The number of aliphatic hydroxyl groups excluding tert-OH is 1. The van der Waals surface area contributed by atoms with Crippen LogP contribution in [0.5, 0.6) is 5.75 Å². The second kappa shape index (κ2) is 8.93. The molecule has 2 heteroatoms. The molecule has 3 aromatic rings. The number of ether oxygens (including phenoxy) is 1. The molecule has 1 N–H and O–H groups in total. The Bertz CT molecular complexity index is 997. The lowest BCUT2D eigenvalue weighted by Gasteiger charge is -2.24. The van der Waals surface area contributed by atoms with Gasteiger partial charge in [0.25, 0.3) is 0 Å². The van der Waals surface area contributed by atoms with E-state index in [1.54, 1.807) is 7.11 Å². The molecule has 1 aliphatic rings.